The largest absolute Gasteiger partial charge is 0.497 e. The van der Waals surface area contributed by atoms with Gasteiger partial charge in [-0.3, -0.25) is 14.4 Å². The first-order valence-corrected chi connectivity index (χ1v) is 23.3. The van der Waals surface area contributed by atoms with E-state index < -0.39 is 51.5 Å². The summed E-state index contributed by atoms with van der Waals surface area (Å²) in [5.74, 6) is -1.60. The van der Waals surface area contributed by atoms with E-state index in [1.807, 2.05) is 25.3 Å². The van der Waals surface area contributed by atoms with E-state index in [4.69, 9.17) is 19.4 Å². The maximum atomic E-state index is 14.6. The highest BCUT2D eigenvalue weighted by Crippen LogP contribution is 2.50. The number of nitrogens with zero attached hydrogens (tertiary/aromatic N) is 4. The number of aliphatic imine (C=N–C) groups is 1. The number of carbonyl (C=O) groups is 3. The van der Waals surface area contributed by atoms with Crippen LogP contribution in [0.5, 0.6) is 11.5 Å². The topological polar surface area (TPSA) is 210 Å². The molecule has 3 aliphatic rings. The highest BCUT2D eigenvalue weighted by molar-refractivity contribution is 7.90. The first-order chi connectivity index (χ1) is 29.8. The quantitative estimate of drug-likeness (QED) is 0.0872. The molecule has 2 aliphatic heterocycles. The number of methoxy groups -OCH3 is 1. The van der Waals surface area contributed by atoms with Crippen LogP contribution in [0.25, 0.3) is 22.3 Å². The van der Waals surface area contributed by atoms with Gasteiger partial charge in [-0.25, -0.2) is 27.9 Å². The van der Waals surface area contributed by atoms with Crippen molar-refractivity contribution in [2.45, 2.75) is 106 Å². The molecule has 4 aromatic rings. The smallest absolute Gasteiger partial charge is 0.266 e. The molecular formula is C44H52N8O8S2. The zero-order valence-corrected chi connectivity index (χ0v) is 36.6. The van der Waals surface area contributed by atoms with Crippen molar-refractivity contribution < 1.29 is 37.1 Å². The number of nitrogens with one attached hydrogen (secondary N) is 4. The molecule has 16 nitrogen and oxygen atoms in total. The predicted octanol–water partition coefficient (Wildman–Crippen LogP) is 5.96. The van der Waals surface area contributed by atoms with Crippen LogP contribution >= 0.6 is 11.3 Å². The van der Waals surface area contributed by atoms with E-state index in [-0.39, 0.29) is 42.7 Å². The number of isocyanates is 1. The zero-order valence-electron chi connectivity index (χ0n) is 35.0. The van der Waals surface area contributed by atoms with Crippen LogP contribution in [-0.4, -0.2) is 97.1 Å². The number of sulfonamides is 1. The third-order valence-corrected chi connectivity index (χ3v) is 13.7. The number of thiazole rings is 1. The van der Waals surface area contributed by atoms with Gasteiger partial charge >= 0.3 is 0 Å². The summed E-state index contributed by atoms with van der Waals surface area (Å²) in [7, 11) is -2.94. The molecule has 4 N–H and O–H groups in total. The van der Waals surface area contributed by atoms with Gasteiger partial charge in [-0.05, 0) is 57.4 Å². The summed E-state index contributed by atoms with van der Waals surface area (Å²) < 4.78 is 42.2. The van der Waals surface area contributed by atoms with E-state index in [0.29, 0.717) is 52.4 Å². The van der Waals surface area contributed by atoms with Crippen LogP contribution in [0.1, 0.15) is 71.6 Å². The van der Waals surface area contributed by atoms with E-state index in [2.05, 4.69) is 32.2 Å². The fourth-order valence-corrected chi connectivity index (χ4v) is 10.3. The fraction of sp³-hybridized carbons (Fsp3) is 0.455. The molecule has 0 bridgehead atoms. The minimum atomic E-state index is -4.51. The average molecular weight is 885 g/mol. The van der Waals surface area contributed by atoms with Crippen molar-refractivity contribution in [3.05, 3.63) is 66.6 Å². The van der Waals surface area contributed by atoms with Crippen molar-refractivity contribution in [2.24, 2.45) is 10.9 Å². The van der Waals surface area contributed by atoms with Gasteiger partial charge in [0.15, 0.2) is 5.13 Å². The van der Waals surface area contributed by atoms with Crippen LogP contribution in [0.15, 0.2) is 76.5 Å². The van der Waals surface area contributed by atoms with E-state index in [1.54, 1.807) is 43.5 Å². The number of anilines is 2. The van der Waals surface area contributed by atoms with Crippen LogP contribution < -0.4 is 30.1 Å². The SMILES string of the molecule is C=C[C@@H]1C[C@]1(N=C=O)C1NC(=O)[C@@H]2C[C@@H](Oc3cc(-c4csc(NC(C)C)n4)nc4cc(OC)ccc34)CN2C(=O)CCCCCCCCNc2ccccc2S(=O)(=O)NC1=O. The molecule has 62 heavy (non-hydrogen) atoms. The van der Waals surface area contributed by atoms with Crippen LogP contribution in [0.2, 0.25) is 0 Å². The molecule has 18 heteroatoms. The molecule has 0 radical (unpaired) electrons. The van der Waals surface area contributed by atoms with Crippen molar-refractivity contribution in [3.63, 3.8) is 0 Å². The van der Waals surface area contributed by atoms with Crippen LogP contribution in [-0.2, 0) is 29.2 Å². The number of hydrogen-bond donors (Lipinski definition) is 4. The third kappa shape index (κ3) is 9.77. The Morgan fingerprint density at radius 3 is 2.55 bits per heavy atom. The summed E-state index contributed by atoms with van der Waals surface area (Å²) in [6.45, 7) is 8.41. The molecule has 2 aromatic heterocycles. The summed E-state index contributed by atoms with van der Waals surface area (Å²) in [6, 6.07) is 10.9. The highest BCUT2D eigenvalue weighted by Gasteiger charge is 2.62. The number of para-hydroxylation sites is 1. The second kappa shape index (κ2) is 19.1. The molecule has 1 aliphatic carbocycles. The number of benzene rings is 2. The summed E-state index contributed by atoms with van der Waals surface area (Å²) in [4.78, 5) is 69.7. The van der Waals surface area contributed by atoms with Crippen LogP contribution in [0, 0.1) is 5.92 Å². The van der Waals surface area contributed by atoms with Gasteiger partial charge in [-0.15, -0.1) is 17.9 Å². The Kier molecular flexibility index (Phi) is 13.6. The number of aromatic nitrogens is 2. The summed E-state index contributed by atoms with van der Waals surface area (Å²) >= 11 is 1.45. The molecular weight excluding hydrogens is 833 g/mol. The Morgan fingerprint density at radius 2 is 1.81 bits per heavy atom. The molecule has 1 saturated heterocycles. The Labute approximate surface area is 365 Å². The molecule has 5 atom stereocenters. The van der Waals surface area contributed by atoms with Crippen molar-refractivity contribution >= 4 is 66.9 Å². The van der Waals surface area contributed by atoms with Crippen molar-refractivity contribution in [1.29, 1.82) is 0 Å². The molecule has 7 rings (SSSR count). The predicted molar refractivity (Wildman–Crippen MR) is 236 cm³/mol. The second-order valence-electron chi connectivity index (χ2n) is 16.2. The maximum absolute atomic E-state index is 14.6. The molecule has 2 aromatic carbocycles. The number of amides is 3. The van der Waals surface area contributed by atoms with Gasteiger partial charge in [0.05, 0.1) is 30.6 Å². The first kappa shape index (κ1) is 44.2. The number of hydrogen-bond acceptors (Lipinski definition) is 14. The van der Waals surface area contributed by atoms with Gasteiger partial charge < -0.3 is 30.3 Å². The monoisotopic (exact) mass is 884 g/mol. The summed E-state index contributed by atoms with van der Waals surface area (Å²) in [5, 5.41) is 12.5. The van der Waals surface area contributed by atoms with Gasteiger partial charge in [0.25, 0.3) is 15.9 Å². The molecule has 3 amide bonds. The summed E-state index contributed by atoms with van der Waals surface area (Å²) in [6.07, 6.45) is 7.59. The third-order valence-electron chi connectivity index (χ3n) is 11.5. The Bertz CT molecular complexity index is 2490. The van der Waals surface area contributed by atoms with E-state index >= 15 is 0 Å². The van der Waals surface area contributed by atoms with E-state index in [0.717, 1.165) is 37.2 Å². The Hall–Kier alpha value is -5.84. The van der Waals surface area contributed by atoms with Gasteiger partial charge in [-0.2, -0.15) is 4.99 Å². The Balaban J connectivity index is 1.22. The van der Waals surface area contributed by atoms with Crippen molar-refractivity contribution in [2.75, 3.05) is 30.8 Å². The molecule has 1 saturated carbocycles. The minimum absolute atomic E-state index is 0.0343. The summed E-state index contributed by atoms with van der Waals surface area (Å²) in [5.41, 5.74) is 0.533. The number of carbonyl (C=O) groups excluding carboxylic acids is 4. The molecule has 0 spiro atoms. The first-order valence-electron chi connectivity index (χ1n) is 20.9. The minimum Gasteiger partial charge on any atom is -0.497 e. The van der Waals surface area contributed by atoms with Gasteiger partial charge in [-0.1, -0.05) is 43.9 Å². The van der Waals surface area contributed by atoms with Crippen molar-refractivity contribution in [3.8, 4) is 22.9 Å². The van der Waals surface area contributed by atoms with E-state index in [9.17, 15) is 27.6 Å². The fourth-order valence-electron chi connectivity index (χ4n) is 8.24. The zero-order chi connectivity index (χ0) is 44.0. The number of pyridine rings is 1. The lowest BCUT2D eigenvalue weighted by molar-refractivity contribution is -0.139. The molecule has 328 valence electrons. The number of rotatable bonds is 9. The van der Waals surface area contributed by atoms with Crippen LogP contribution in [0.4, 0.5) is 10.8 Å². The van der Waals surface area contributed by atoms with Crippen LogP contribution in [0.3, 0.4) is 0 Å². The number of ether oxygens (including phenoxy) is 2. The Morgan fingerprint density at radius 1 is 1.03 bits per heavy atom. The lowest BCUT2D eigenvalue weighted by atomic mass is 10.0. The van der Waals surface area contributed by atoms with Gasteiger partial charge in [0.1, 0.15) is 45.8 Å². The molecule has 4 heterocycles. The maximum Gasteiger partial charge on any atom is 0.266 e. The van der Waals surface area contributed by atoms with Crippen molar-refractivity contribution in [1.82, 2.24) is 24.9 Å². The molecule has 1 unspecified atom stereocenters. The highest BCUT2D eigenvalue weighted by atomic mass is 32.2. The average Bonchev–Trinajstić information content (AvgIpc) is 3.51. The second-order valence-corrected chi connectivity index (χ2v) is 18.7. The van der Waals surface area contributed by atoms with Gasteiger partial charge in [0, 0.05) is 54.2 Å². The lowest BCUT2D eigenvalue weighted by Gasteiger charge is -2.28. The normalized spacial score (nSPS) is 24.6. The number of fused-ring (bicyclic) bond motifs is 3. The standard InChI is InChI=1S/C44H52N8O8S2/c1-5-28-23-44(28,46-26-53)40-42(56)51-62(57,58)38-15-12-11-14-32(38)45-19-13-9-7-6-8-10-16-39(54)52-24-30(21-36(52)41(55)50-40)60-37-22-34(35-25-61-43(49-35)47-27(2)3)48-33-20-29(59-4)17-18-31(33)37/h5,11-12,14-15,17-18,20,22,25,27-28,30,36,40,45H,1,6-10,13,16,19,21,23-24H2,2-4H3,(H,47,49)(H,50,55)(H,51,56)/t28-,30-,36+,40?,44-/m1/s1. The molecule has 2 fully saturated rings. The lowest BCUT2D eigenvalue weighted by Crippen LogP contribution is -2.59. The van der Waals surface area contributed by atoms with Gasteiger partial charge in [0.2, 0.25) is 17.9 Å². The van der Waals surface area contributed by atoms with E-state index in [1.165, 1.54) is 34.5 Å².